The first-order valence-electron chi connectivity index (χ1n) is 6.18. The molecule has 0 saturated heterocycles. The molecule has 0 spiro atoms. The number of aromatic nitrogens is 1. The summed E-state index contributed by atoms with van der Waals surface area (Å²) in [4.78, 5) is 16.0. The van der Waals surface area contributed by atoms with Gasteiger partial charge < -0.3 is 10.6 Å². The number of rotatable bonds is 4. The molecule has 1 saturated carbocycles. The average molecular weight is 233 g/mol. The third-order valence-electron chi connectivity index (χ3n) is 2.94. The average Bonchev–Trinajstić information content (AvgIpc) is 2.17. The van der Waals surface area contributed by atoms with Gasteiger partial charge in [0.1, 0.15) is 5.82 Å². The van der Waals surface area contributed by atoms with Gasteiger partial charge in [-0.15, -0.1) is 0 Å². The molecule has 2 rings (SSSR count). The fraction of sp³-hybridized carbons (Fsp3) is 0.538. The summed E-state index contributed by atoms with van der Waals surface area (Å²) in [5.74, 6) is 1.17. The van der Waals surface area contributed by atoms with Gasteiger partial charge in [0.05, 0.1) is 11.9 Å². The zero-order chi connectivity index (χ0) is 12.3. The number of amides is 1. The molecule has 0 aliphatic heterocycles. The van der Waals surface area contributed by atoms with Crippen LogP contribution in [0, 0.1) is 5.92 Å². The molecule has 1 heterocycles. The van der Waals surface area contributed by atoms with Crippen molar-refractivity contribution in [1.29, 1.82) is 0 Å². The van der Waals surface area contributed by atoms with Gasteiger partial charge in [0.15, 0.2) is 0 Å². The maximum atomic E-state index is 11.7. The number of hydrogen-bond acceptors (Lipinski definition) is 3. The summed E-state index contributed by atoms with van der Waals surface area (Å²) >= 11 is 0. The highest BCUT2D eigenvalue weighted by Gasteiger charge is 2.25. The van der Waals surface area contributed by atoms with E-state index in [9.17, 15) is 4.79 Å². The Kier molecular flexibility index (Phi) is 3.61. The van der Waals surface area contributed by atoms with Crippen LogP contribution in [-0.2, 0) is 4.79 Å². The molecule has 1 amide bonds. The lowest BCUT2D eigenvalue weighted by Gasteiger charge is -2.23. The van der Waals surface area contributed by atoms with E-state index in [2.05, 4.69) is 29.5 Å². The highest BCUT2D eigenvalue weighted by atomic mass is 16.1. The number of carbonyl (C=O) groups excluding carboxylic acids is 1. The summed E-state index contributed by atoms with van der Waals surface area (Å²) in [5, 5.41) is 6.10. The Balaban J connectivity index is 1.90. The maximum absolute atomic E-state index is 11.7. The molecule has 1 aromatic heterocycles. The fourth-order valence-corrected chi connectivity index (χ4v) is 1.76. The fourth-order valence-electron chi connectivity index (χ4n) is 1.76. The van der Waals surface area contributed by atoms with E-state index < -0.39 is 0 Å². The third kappa shape index (κ3) is 3.19. The molecule has 0 atom stereocenters. The van der Waals surface area contributed by atoms with Gasteiger partial charge in [-0.2, -0.15) is 0 Å². The van der Waals surface area contributed by atoms with Crippen LogP contribution in [0.4, 0.5) is 11.5 Å². The van der Waals surface area contributed by atoms with E-state index in [-0.39, 0.29) is 11.8 Å². The van der Waals surface area contributed by atoms with Gasteiger partial charge in [0.2, 0.25) is 5.91 Å². The number of anilines is 2. The normalized spacial score (nSPS) is 15.5. The van der Waals surface area contributed by atoms with E-state index in [1.54, 1.807) is 6.20 Å². The number of nitrogens with one attached hydrogen (secondary N) is 2. The minimum absolute atomic E-state index is 0.127. The van der Waals surface area contributed by atoms with Crippen LogP contribution in [0.25, 0.3) is 0 Å². The summed E-state index contributed by atoms with van der Waals surface area (Å²) in [6, 6.07) is 4.13. The monoisotopic (exact) mass is 233 g/mol. The molecular formula is C13H19N3O. The van der Waals surface area contributed by atoms with Gasteiger partial charge in [-0.1, -0.05) is 6.42 Å². The molecule has 92 valence electrons. The first-order valence-corrected chi connectivity index (χ1v) is 6.18. The Hall–Kier alpha value is -1.58. The van der Waals surface area contributed by atoms with Crippen molar-refractivity contribution in [3.8, 4) is 0 Å². The molecular weight excluding hydrogens is 214 g/mol. The number of hydrogen-bond donors (Lipinski definition) is 2. The lowest BCUT2D eigenvalue weighted by atomic mass is 9.85. The molecule has 0 radical (unpaired) electrons. The maximum Gasteiger partial charge on any atom is 0.227 e. The highest BCUT2D eigenvalue weighted by molar-refractivity contribution is 5.92. The van der Waals surface area contributed by atoms with Crippen LogP contribution in [0.5, 0.6) is 0 Å². The first kappa shape index (κ1) is 11.9. The molecule has 2 N–H and O–H groups in total. The lowest BCUT2D eigenvalue weighted by Crippen LogP contribution is -2.28. The second-order valence-corrected chi connectivity index (χ2v) is 4.85. The number of pyridine rings is 1. The van der Waals surface area contributed by atoms with Crippen LogP contribution in [0.2, 0.25) is 0 Å². The van der Waals surface area contributed by atoms with Crippen LogP contribution in [-0.4, -0.2) is 16.9 Å². The van der Waals surface area contributed by atoms with Gasteiger partial charge in [-0.25, -0.2) is 4.98 Å². The van der Waals surface area contributed by atoms with E-state index in [4.69, 9.17) is 0 Å². The predicted octanol–water partition coefficient (Wildman–Crippen LogP) is 2.64. The summed E-state index contributed by atoms with van der Waals surface area (Å²) < 4.78 is 0. The van der Waals surface area contributed by atoms with Crippen molar-refractivity contribution in [2.45, 2.75) is 39.2 Å². The van der Waals surface area contributed by atoms with Crippen molar-refractivity contribution in [3.63, 3.8) is 0 Å². The quantitative estimate of drug-likeness (QED) is 0.840. The Morgan fingerprint density at radius 1 is 1.41 bits per heavy atom. The molecule has 4 heteroatoms. The Bertz CT molecular complexity index is 382. The molecule has 0 bridgehead atoms. The van der Waals surface area contributed by atoms with Gasteiger partial charge in [0.25, 0.3) is 0 Å². The minimum atomic E-state index is 0.127. The lowest BCUT2D eigenvalue weighted by molar-refractivity contribution is -0.122. The van der Waals surface area contributed by atoms with Crippen LogP contribution in [0.3, 0.4) is 0 Å². The van der Waals surface area contributed by atoms with Crippen LogP contribution in [0.15, 0.2) is 18.3 Å². The SMILES string of the molecule is CC(C)Nc1ccc(NC(=O)C2CCC2)cn1. The molecule has 1 aliphatic carbocycles. The van der Waals surface area contributed by atoms with Crippen molar-refractivity contribution >= 4 is 17.4 Å². The zero-order valence-corrected chi connectivity index (χ0v) is 10.4. The second kappa shape index (κ2) is 5.17. The van der Waals surface area contributed by atoms with Gasteiger partial charge in [0, 0.05) is 12.0 Å². The second-order valence-electron chi connectivity index (χ2n) is 4.85. The van der Waals surface area contributed by atoms with Crippen LogP contribution >= 0.6 is 0 Å². The van der Waals surface area contributed by atoms with E-state index in [0.29, 0.717) is 6.04 Å². The Morgan fingerprint density at radius 3 is 2.65 bits per heavy atom. The van der Waals surface area contributed by atoms with Gasteiger partial charge in [-0.05, 0) is 38.8 Å². The zero-order valence-electron chi connectivity index (χ0n) is 10.4. The molecule has 0 unspecified atom stereocenters. The van der Waals surface area contributed by atoms with Crippen molar-refractivity contribution < 1.29 is 4.79 Å². The van der Waals surface area contributed by atoms with Crippen molar-refractivity contribution in [2.24, 2.45) is 5.92 Å². The standard InChI is InChI=1S/C13H19N3O/c1-9(2)15-12-7-6-11(8-14-12)16-13(17)10-4-3-5-10/h6-10H,3-5H2,1-2H3,(H,14,15)(H,16,17). The van der Waals surface area contributed by atoms with Crippen molar-refractivity contribution in [3.05, 3.63) is 18.3 Å². The van der Waals surface area contributed by atoms with E-state index >= 15 is 0 Å². The largest absolute Gasteiger partial charge is 0.368 e. The first-order chi connectivity index (χ1) is 8.15. The molecule has 1 fully saturated rings. The number of carbonyl (C=O) groups is 1. The Labute approximate surface area is 102 Å². The highest BCUT2D eigenvalue weighted by Crippen LogP contribution is 2.27. The molecule has 1 aromatic rings. The summed E-state index contributed by atoms with van der Waals surface area (Å²) in [6.07, 6.45) is 4.91. The summed E-state index contributed by atoms with van der Waals surface area (Å²) in [7, 11) is 0. The summed E-state index contributed by atoms with van der Waals surface area (Å²) in [6.45, 7) is 4.13. The Morgan fingerprint density at radius 2 is 2.18 bits per heavy atom. The number of nitrogens with zero attached hydrogens (tertiary/aromatic N) is 1. The van der Waals surface area contributed by atoms with Crippen molar-refractivity contribution in [1.82, 2.24) is 4.98 Å². The van der Waals surface area contributed by atoms with Crippen LogP contribution in [0.1, 0.15) is 33.1 Å². The van der Waals surface area contributed by atoms with E-state index in [1.807, 2.05) is 12.1 Å². The van der Waals surface area contributed by atoms with E-state index in [1.165, 1.54) is 6.42 Å². The minimum Gasteiger partial charge on any atom is -0.368 e. The topological polar surface area (TPSA) is 54.0 Å². The van der Waals surface area contributed by atoms with E-state index in [0.717, 1.165) is 24.3 Å². The van der Waals surface area contributed by atoms with Gasteiger partial charge >= 0.3 is 0 Å². The molecule has 17 heavy (non-hydrogen) atoms. The third-order valence-corrected chi connectivity index (χ3v) is 2.94. The van der Waals surface area contributed by atoms with Crippen molar-refractivity contribution in [2.75, 3.05) is 10.6 Å². The smallest absolute Gasteiger partial charge is 0.227 e. The van der Waals surface area contributed by atoms with Crippen LogP contribution < -0.4 is 10.6 Å². The summed E-state index contributed by atoms with van der Waals surface area (Å²) in [5.41, 5.74) is 0.774. The molecule has 4 nitrogen and oxygen atoms in total. The van der Waals surface area contributed by atoms with Gasteiger partial charge in [-0.3, -0.25) is 4.79 Å². The predicted molar refractivity (Wildman–Crippen MR) is 69.0 cm³/mol. The molecule has 0 aromatic carbocycles. The molecule has 1 aliphatic rings.